The zero-order chi connectivity index (χ0) is 16.2. The Kier molecular flexibility index (Phi) is 4.33. The molecule has 23 heavy (non-hydrogen) atoms. The molecule has 2 aromatic rings. The fourth-order valence-electron chi connectivity index (χ4n) is 2.52. The van der Waals surface area contributed by atoms with E-state index in [1.807, 2.05) is 19.9 Å². The first-order valence-corrected chi connectivity index (χ1v) is 7.60. The number of aromatic nitrogens is 4. The molecular formula is C16H18N6O. The summed E-state index contributed by atoms with van der Waals surface area (Å²) in [6.07, 6.45) is 5.18. The van der Waals surface area contributed by atoms with E-state index in [4.69, 9.17) is 10.00 Å². The van der Waals surface area contributed by atoms with Gasteiger partial charge in [-0.2, -0.15) is 5.26 Å². The van der Waals surface area contributed by atoms with Crippen LogP contribution in [0.25, 0.3) is 0 Å². The summed E-state index contributed by atoms with van der Waals surface area (Å²) in [5.74, 6) is 1.22. The zero-order valence-corrected chi connectivity index (χ0v) is 13.2. The summed E-state index contributed by atoms with van der Waals surface area (Å²) in [7, 11) is 0. The van der Waals surface area contributed by atoms with Crippen molar-refractivity contribution < 1.29 is 4.74 Å². The quantitative estimate of drug-likeness (QED) is 0.854. The van der Waals surface area contributed by atoms with E-state index in [-0.39, 0.29) is 6.10 Å². The molecule has 1 aliphatic rings. The third-order valence-electron chi connectivity index (χ3n) is 3.79. The van der Waals surface area contributed by atoms with Crippen molar-refractivity contribution in [2.24, 2.45) is 0 Å². The second-order valence-electron chi connectivity index (χ2n) is 5.56. The van der Waals surface area contributed by atoms with E-state index in [9.17, 15) is 0 Å². The molecule has 1 aliphatic heterocycles. The molecule has 7 heteroatoms. The summed E-state index contributed by atoms with van der Waals surface area (Å²) in [6.45, 7) is 5.38. The van der Waals surface area contributed by atoms with Gasteiger partial charge in [-0.3, -0.25) is 4.98 Å². The Balaban J connectivity index is 1.62. The fourth-order valence-corrected chi connectivity index (χ4v) is 2.52. The van der Waals surface area contributed by atoms with Gasteiger partial charge in [-0.15, -0.1) is 0 Å². The van der Waals surface area contributed by atoms with E-state index >= 15 is 0 Å². The maximum Gasteiger partial charge on any atom is 0.235 e. The first-order valence-electron chi connectivity index (χ1n) is 7.60. The van der Waals surface area contributed by atoms with Crippen molar-refractivity contribution in [3.05, 3.63) is 35.5 Å². The van der Waals surface area contributed by atoms with Gasteiger partial charge in [-0.25, -0.2) is 15.0 Å². The molecule has 0 unspecified atom stereocenters. The normalized spacial score (nSPS) is 15.3. The number of hydrogen-bond acceptors (Lipinski definition) is 7. The van der Waals surface area contributed by atoms with Crippen LogP contribution in [0.1, 0.15) is 29.9 Å². The Labute approximate surface area is 135 Å². The maximum absolute atomic E-state index is 8.92. The van der Waals surface area contributed by atoms with E-state index in [1.54, 1.807) is 18.5 Å². The Morgan fingerprint density at radius 1 is 1.22 bits per heavy atom. The molecule has 0 spiro atoms. The van der Waals surface area contributed by atoms with Gasteiger partial charge in [0.25, 0.3) is 0 Å². The fraction of sp³-hybridized carbons (Fsp3) is 0.438. The van der Waals surface area contributed by atoms with Gasteiger partial charge in [-0.05, 0) is 19.9 Å². The Bertz CT molecular complexity index is 734. The second kappa shape index (κ2) is 6.57. The van der Waals surface area contributed by atoms with Crippen molar-refractivity contribution in [2.45, 2.75) is 32.8 Å². The molecule has 3 rings (SSSR count). The standard InChI is InChI=1S/C16H18N6O/c1-11-10-19-12(2)15(20-11)23-14-4-7-22(8-5-14)16-18-6-3-13(9-17)21-16/h3,6,10,14H,4-5,7-8H2,1-2H3. The Hall–Kier alpha value is -2.75. The number of rotatable bonds is 3. The highest BCUT2D eigenvalue weighted by atomic mass is 16.5. The molecule has 3 heterocycles. The average molecular weight is 310 g/mol. The Morgan fingerprint density at radius 3 is 2.74 bits per heavy atom. The van der Waals surface area contributed by atoms with Gasteiger partial charge in [0.1, 0.15) is 17.9 Å². The highest BCUT2D eigenvalue weighted by Gasteiger charge is 2.23. The molecule has 7 nitrogen and oxygen atoms in total. The first kappa shape index (κ1) is 15.2. The molecule has 2 aromatic heterocycles. The van der Waals surface area contributed by atoms with Crippen LogP contribution in [0, 0.1) is 25.2 Å². The number of hydrogen-bond donors (Lipinski definition) is 0. The number of nitrogens with zero attached hydrogens (tertiary/aromatic N) is 6. The number of nitriles is 1. The van der Waals surface area contributed by atoms with E-state index in [0.717, 1.165) is 37.3 Å². The smallest absolute Gasteiger partial charge is 0.235 e. The lowest BCUT2D eigenvalue weighted by molar-refractivity contribution is 0.161. The zero-order valence-electron chi connectivity index (χ0n) is 13.2. The summed E-state index contributed by atoms with van der Waals surface area (Å²) in [6, 6.07) is 3.65. The maximum atomic E-state index is 8.92. The molecule has 1 saturated heterocycles. The van der Waals surface area contributed by atoms with Crippen LogP contribution in [0.4, 0.5) is 5.95 Å². The predicted molar refractivity (Wildman–Crippen MR) is 84.1 cm³/mol. The topological polar surface area (TPSA) is 87.8 Å². The van der Waals surface area contributed by atoms with Gasteiger partial charge in [-0.1, -0.05) is 0 Å². The lowest BCUT2D eigenvalue weighted by Gasteiger charge is -2.32. The van der Waals surface area contributed by atoms with Gasteiger partial charge < -0.3 is 9.64 Å². The van der Waals surface area contributed by atoms with Crippen molar-refractivity contribution in [3.8, 4) is 11.9 Å². The van der Waals surface area contributed by atoms with Crippen molar-refractivity contribution in [3.63, 3.8) is 0 Å². The first-order chi connectivity index (χ1) is 11.2. The minimum Gasteiger partial charge on any atom is -0.473 e. The van der Waals surface area contributed by atoms with E-state index in [2.05, 4.69) is 24.8 Å². The molecule has 1 fully saturated rings. The van der Waals surface area contributed by atoms with Gasteiger partial charge in [0.05, 0.1) is 11.4 Å². The number of ether oxygens (including phenoxy) is 1. The minimum absolute atomic E-state index is 0.111. The molecular weight excluding hydrogens is 292 g/mol. The van der Waals surface area contributed by atoms with Crippen LogP contribution in [0.5, 0.6) is 5.88 Å². The molecule has 0 atom stereocenters. The summed E-state index contributed by atoms with van der Waals surface area (Å²) in [5.41, 5.74) is 2.05. The van der Waals surface area contributed by atoms with Crippen molar-refractivity contribution in [2.75, 3.05) is 18.0 Å². The summed E-state index contributed by atoms with van der Waals surface area (Å²) in [4.78, 5) is 19.3. The highest BCUT2D eigenvalue weighted by molar-refractivity contribution is 5.34. The number of anilines is 1. The van der Waals surface area contributed by atoms with Crippen LogP contribution >= 0.6 is 0 Å². The van der Waals surface area contributed by atoms with Crippen LogP contribution in [-0.4, -0.2) is 39.1 Å². The van der Waals surface area contributed by atoms with Crippen molar-refractivity contribution in [1.29, 1.82) is 5.26 Å². The largest absolute Gasteiger partial charge is 0.473 e. The van der Waals surface area contributed by atoms with Crippen molar-refractivity contribution >= 4 is 5.95 Å². The van der Waals surface area contributed by atoms with Crippen LogP contribution in [0.2, 0.25) is 0 Å². The second-order valence-corrected chi connectivity index (χ2v) is 5.56. The summed E-state index contributed by atoms with van der Waals surface area (Å²) < 4.78 is 6.00. The third-order valence-corrected chi connectivity index (χ3v) is 3.79. The molecule has 0 radical (unpaired) electrons. The monoisotopic (exact) mass is 310 g/mol. The molecule has 0 aliphatic carbocycles. The average Bonchev–Trinajstić information content (AvgIpc) is 2.59. The van der Waals surface area contributed by atoms with Gasteiger partial charge in [0.15, 0.2) is 0 Å². The minimum atomic E-state index is 0.111. The highest BCUT2D eigenvalue weighted by Crippen LogP contribution is 2.21. The SMILES string of the molecule is Cc1cnc(C)c(OC2CCN(c3nccc(C#N)n3)CC2)n1. The molecule has 0 saturated carbocycles. The van der Waals surface area contributed by atoms with Crippen molar-refractivity contribution in [1.82, 2.24) is 19.9 Å². The molecule has 0 bridgehead atoms. The number of aryl methyl sites for hydroxylation is 2. The molecule has 0 aromatic carbocycles. The molecule has 118 valence electrons. The van der Waals surface area contributed by atoms with Gasteiger partial charge in [0, 0.05) is 38.3 Å². The van der Waals surface area contributed by atoms with Gasteiger partial charge >= 0.3 is 0 Å². The van der Waals surface area contributed by atoms with Crippen LogP contribution < -0.4 is 9.64 Å². The predicted octanol–water partition coefficient (Wildman–Crippen LogP) is 1.80. The van der Waals surface area contributed by atoms with E-state index in [0.29, 0.717) is 17.5 Å². The molecule has 0 amide bonds. The van der Waals surface area contributed by atoms with E-state index < -0.39 is 0 Å². The third kappa shape index (κ3) is 3.54. The summed E-state index contributed by atoms with van der Waals surface area (Å²) >= 11 is 0. The lowest BCUT2D eigenvalue weighted by Crippen LogP contribution is -2.39. The van der Waals surface area contributed by atoms with Gasteiger partial charge in [0.2, 0.25) is 11.8 Å². The Morgan fingerprint density at radius 2 is 2.00 bits per heavy atom. The van der Waals surface area contributed by atoms with E-state index in [1.165, 1.54) is 0 Å². The summed E-state index contributed by atoms with van der Waals surface area (Å²) in [5, 5.41) is 8.92. The number of piperidine rings is 1. The lowest BCUT2D eigenvalue weighted by atomic mass is 10.1. The van der Waals surface area contributed by atoms with Crippen LogP contribution in [0.3, 0.4) is 0 Å². The van der Waals surface area contributed by atoms with Crippen LogP contribution in [-0.2, 0) is 0 Å². The molecule has 0 N–H and O–H groups in total. The van der Waals surface area contributed by atoms with Crippen LogP contribution in [0.15, 0.2) is 18.5 Å².